The van der Waals surface area contributed by atoms with Crippen LogP contribution in [0, 0.1) is 68.0 Å². The number of nitrogens with zero attached hydrogens (tertiary/aromatic N) is 2. The van der Waals surface area contributed by atoms with Gasteiger partial charge in [-0.15, -0.1) is 0 Å². The predicted molar refractivity (Wildman–Crippen MR) is 229 cm³/mol. The summed E-state index contributed by atoms with van der Waals surface area (Å²) in [6.45, 7) is 28.7. The number of sulfonamides is 1. The van der Waals surface area contributed by atoms with Crippen LogP contribution in [-0.2, 0) is 19.6 Å². The number of hydrogen-bond acceptors (Lipinski definition) is 7. The highest BCUT2D eigenvalue weighted by Crippen LogP contribution is 2.78. The number of rotatable bonds is 10. The van der Waals surface area contributed by atoms with Gasteiger partial charge in [-0.3, -0.25) is 9.69 Å². The van der Waals surface area contributed by atoms with E-state index in [1.165, 1.54) is 70.6 Å². The molecule has 0 aromatic heterocycles. The lowest BCUT2D eigenvalue weighted by atomic mass is 9.32. The Kier molecular flexibility index (Phi) is 10.7. The minimum atomic E-state index is -3.27. The van der Waals surface area contributed by atoms with Gasteiger partial charge in [0.1, 0.15) is 6.10 Å². The quantitative estimate of drug-likeness (QED) is 0.213. The van der Waals surface area contributed by atoms with Crippen LogP contribution in [0.25, 0.3) is 0 Å². The van der Waals surface area contributed by atoms with E-state index in [9.17, 15) is 18.3 Å². The van der Waals surface area contributed by atoms with Gasteiger partial charge in [-0.05, 0) is 167 Å². The van der Waals surface area contributed by atoms with Crippen LogP contribution >= 0.6 is 0 Å². The average molecular weight is 814 g/mol. The van der Waals surface area contributed by atoms with E-state index in [2.05, 4.69) is 65.6 Å². The van der Waals surface area contributed by atoms with Gasteiger partial charge in [0, 0.05) is 49.7 Å². The summed E-state index contributed by atoms with van der Waals surface area (Å²) >= 11 is 0. The Bertz CT molecular complexity index is 1650. The van der Waals surface area contributed by atoms with E-state index in [1.54, 1.807) is 18.2 Å². The molecule has 7 saturated carbocycles. The van der Waals surface area contributed by atoms with E-state index in [4.69, 9.17) is 4.74 Å². The van der Waals surface area contributed by atoms with Gasteiger partial charge in [0.25, 0.3) is 0 Å². The molecule has 7 aliphatic carbocycles. The molecular weight excluding hydrogens is 731 g/mol. The molecule has 8 fully saturated rings. The second kappa shape index (κ2) is 14.1. The van der Waals surface area contributed by atoms with Crippen molar-refractivity contribution >= 4 is 16.0 Å². The molecule has 0 aromatic carbocycles. The molecule has 13 atom stereocenters. The Labute approximate surface area is 348 Å². The van der Waals surface area contributed by atoms with Crippen molar-refractivity contribution in [1.82, 2.24) is 14.5 Å². The van der Waals surface area contributed by atoms with Crippen molar-refractivity contribution < 1.29 is 23.1 Å². The van der Waals surface area contributed by atoms with Crippen LogP contribution in [0.3, 0.4) is 0 Å². The number of fused-ring (bicyclic) bond motifs is 7. The lowest BCUT2D eigenvalue weighted by Gasteiger charge is -2.73. The number of aliphatic hydroxyl groups excluding tert-OH is 1. The number of ether oxygens (including phenoxy) is 1. The van der Waals surface area contributed by atoms with Gasteiger partial charge in [0.05, 0.1) is 17.3 Å². The van der Waals surface area contributed by atoms with Gasteiger partial charge in [-0.1, -0.05) is 55.4 Å². The fourth-order valence-electron chi connectivity index (χ4n) is 16.5. The zero-order valence-corrected chi connectivity index (χ0v) is 38.9. The predicted octanol–water partition coefficient (Wildman–Crippen LogP) is 8.66. The third-order valence-electron chi connectivity index (χ3n) is 20.8. The summed E-state index contributed by atoms with van der Waals surface area (Å²) < 4.78 is 34.1. The largest absolute Gasteiger partial charge is 0.462 e. The van der Waals surface area contributed by atoms with Crippen molar-refractivity contribution in [1.29, 1.82) is 0 Å². The Morgan fingerprint density at radius 2 is 1.42 bits per heavy atom. The summed E-state index contributed by atoms with van der Waals surface area (Å²) in [6.07, 6.45) is 16.7. The summed E-state index contributed by atoms with van der Waals surface area (Å²) in [4.78, 5) is 15.9. The Morgan fingerprint density at radius 3 is 2.00 bits per heavy atom. The first-order chi connectivity index (χ1) is 26.5. The standard InChI is InChI=1S/C48H83N3O5S/c1-31(2)57(54,55)51-28-26-50(27-29-51)36(32(3)52)30-49-48-21-15-33(44(8)22-23-44)40(48)34-12-13-38-45(9)19-17-39(56-41(53)35-14-18-42(35,4)5)43(6,7)37(45)16-20-47(38,11)46(34,10)24-25-48/h31-40,49,52H,12-30H2,1-11H3/t32-,33-,34-,35-,36-,37+,38-,39+,40-,45+,46-,47-,48+/m1/s1. The first-order valence-corrected chi connectivity index (χ1v) is 25.3. The van der Waals surface area contributed by atoms with Crippen molar-refractivity contribution in [3.63, 3.8) is 0 Å². The Hall–Kier alpha value is -0.740. The van der Waals surface area contributed by atoms with Gasteiger partial charge in [-0.25, -0.2) is 8.42 Å². The Balaban J connectivity index is 1.01. The second-order valence-electron chi connectivity index (χ2n) is 24.2. The van der Waals surface area contributed by atoms with Crippen LogP contribution in [-0.4, -0.2) is 90.5 Å². The minimum Gasteiger partial charge on any atom is -0.462 e. The third-order valence-corrected chi connectivity index (χ3v) is 23.1. The van der Waals surface area contributed by atoms with Gasteiger partial charge in [0.2, 0.25) is 10.0 Å². The monoisotopic (exact) mass is 814 g/mol. The molecule has 2 N–H and O–H groups in total. The minimum absolute atomic E-state index is 0.0121. The highest BCUT2D eigenvalue weighted by atomic mass is 32.2. The van der Waals surface area contributed by atoms with Crippen LogP contribution < -0.4 is 5.32 Å². The second-order valence-corrected chi connectivity index (χ2v) is 26.7. The average Bonchev–Trinajstić information content (AvgIpc) is 3.75. The number of aliphatic hydroxyl groups is 1. The van der Waals surface area contributed by atoms with Crippen LogP contribution in [0.5, 0.6) is 0 Å². The summed E-state index contributed by atoms with van der Waals surface area (Å²) in [5, 5.41) is 15.2. The number of carbonyl (C=O) groups is 1. The molecule has 1 heterocycles. The van der Waals surface area contributed by atoms with Crippen molar-refractivity contribution in [3.05, 3.63) is 0 Å². The Morgan fingerprint density at radius 1 is 0.737 bits per heavy atom. The first-order valence-electron chi connectivity index (χ1n) is 23.8. The molecule has 0 aromatic rings. The van der Waals surface area contributed by atoms with Crippen molar-refractivity contribution in [3.8, 4) is 0 Å². The molecule has 8 aliphatic rings. The maximum absolute atomic E-state index is 13.5. The highest BCUT2D eigenvalue weighted by molar-refractivity contribution is 7.89. The molecule has 57 heavy (non-hydrogen) atoms. The summed E-state index contributed by atoms with van der Waals surface area (Å²) in [7, 11) is -3.27. The van der Waals surface area contributed by atoms with Gasteiger partial charge in [-0.2, -0.15) is 4.31 Å². The van der Waals surface area contributed by atoms with E-state index in [0.717, 1.165) is 31.7 Å². The first kappa shape index (κ1) is 42.9. The summed E-state index contributed by atoms with van der Waals surface area (Å²) in [5.41, 5.74) is 1.40. The number of nitrogens with one attached hydrogen (secondary N) is 1. The normalized spacial score (nSPS) is 46.1. The van der Waals surface area contributed by atoms with Gasteiger partial charge in [0.15, 0.2) is 0 Å². The molecular formula is C48H83N3O5S. The zero-order chi connectivity index (χ0) is 41.4. The molecule has 0 radical (unpaired) electrons. The molecule has 0 spiro atoms. The number of esters is 1. The fourth-order valence-corrected chi connectivity index (χ4v) is 17.7. The van der Waals surface area contributed by atoms with Gasteiger partial charge >= 0.3 is 5.97 Å². The van der Waals surface area contributed by atoms with E-state index >= 15 is 0 Å². The van der Waals surface area contributed by atoms with Crippen LogP contribution in [0.4, 0.5) is 0 Å². The topological polar surface area (TPSA) is 99.2 Å². The van der Waals surface area contributed by atoms with E-state index < -0.39 is 21.4 Å². The van der Waals surface area contributed by atoms with E-state index in [1.807, 2.05) is 6.92 Å². The third kappa shape index (κ3) is 6.50. The highest BCUT2D eigenvalue weighted by Gasteiger charge is 2.72. The molecule has 8 nitrogen and oxygen atoms in total. The molecule has 9 heteroatoms. The fraction of sp³-hybridized carbons (Fsp3) is 0.979. The molecule has 1 saturated heterocycles. The summed E-state index contributed by atoms with van der Waals surface area (Å²) in [6, 6.07) is -0.0331. The molecule has 326 valence electrons. The van der Waals surface area contributed by atoms with E-state index in [0.29, 0.717) is 55.3 Å². The van der Waals surface area contributed by atoms with Crippen LogP contribution in [0.2, 0.25) is 0 Å². The molecule has 1 aliphatic heterocycles. The lowest BCUT2D eigenvalue weighted by molar-refractivity contribution is -0.249. The maximum atomic E-state index is 13.5. The number of hydrogen-bond donors (Lipinski definition) is 2. The van der Waals surface area contributed by atoms with E-state index in [-0.39, 0.29) is 56.6 Å². The van der Waals surface area contributed by atoms with Crippen LogP contribution in [0.15, 0.2) is 0 Å². The smallest absolute Gasteiger partial charge is 0.309 e. The zero-order valence-electron chi connectivity index (χ0n) is 38.1. The molecule has 0 amide bonds. The van der Waals surface area contributed by atoms with Crippen LogP contribution in [0.1, 0.15) is 166 Å². The lowest BCUT2D eigenvalue weighted by Crippen LogP contribution is -2.69. The summed E-state index contributed by atoms with van der Waals surface area (Å²) in [5.74, 6) is 3.45. The van der Waals surface area contributed by atoms with Crippen molar-refractivity contribution in [2.24, 2.45) is 68.0 Å². The molecule has 0 unspecified atom stereocenters. The number of piperazine rings is 1. The van der Waals surface area contributed by atoms with Crippen molar-refractivity contribution in [2.75, 3.05) is 32.7 Å². The SMILES string of the molecule is CC(C)S(=O)(=O)N1CCN([C@H](CN[C@]23CC[C@@H](C4(C)CC4)[C@@H]2[C@H]2CC[C@@H]4[C@@]5(C)CC[C@H](OC(=O)[C@H]6CCC6(C)C)C(C)(C)[C@@H]5CC[C@@]4(C)[C@]2(C)CC3)[C@@H](C)O)CC1. The maximum Gasteiger partial charge on any atom is 0.309 e. The molecule has 0 bridgehead atoms. The van der Waals surface area contributed by atoms with Gasteiger partial charge < -0.3 is 15.2 Å². The van der Waals surface area contributed by atoms with Crippen molar-refractivity contribution in [2.45, 2.75) is 195 Å². The molecule has 8 rings (SSSR count). The number of carbonyl (C=O) groups excluding carboxylic acids is 1.